The topological polar surface area (TPSA) is 80.7 Å². The zero-order valence-electron chi connectivity index (χ0n) is 21.6. The van der Waals surface area contributed by atoms with E-state index in [2.05, 4.69) is 35.7 Å². The van der Waals surface area contributed by atoms with Crippen LogP contribution in [-0.4, -0.2) is 71.1 Å². The summed E-state index contributed by atoms with van der Waals surface area (Å²) < 4.78 is 27.4. The number of hydrogen-bond donors (Lipinski definition) is 0. The van der Waals surface area contributed by atoms with Gasteiger partial charge in [-0.25, -0.2) is 19.2 Å². The Balaban J connectivity index is 1.72. The fourth-order valence-corrected chi connectivity index (χ4v) is 8.56. The molecule has 3 atom stereocenters. The number of rotatable bonds is 6. The molecule has 1 amide bonds. The van der Waals surface area contributed by atoms with E-state index in [4.69, 9.17) is 32.4 Å². The van der Waals surface area contributed by atoms with Gasteiger partial charge in [0.25, 0.3) is 0 Å². The Hall–Kier alpha value is -1.75. The quantitative estimate of drug-likeness (QED) is 0.242. The molecule has 36 heavy (non-hydrogen) atoms. The molecular weight excluding hydrogens is 524 g/mol. The molecule has 0 aromatic carbocycles. The van der Waals surface area contributed by atoms with Gasteiger partial charge in [-0.1, -0.05) is 32.4 Å². The maximum Gasteiger partial charge on any atom is 0.411 e. The smallest absolute Gasteiger partial charge is 0.411 e. The monoisotopic (exact) mass is 557 g/mol. The second-order valence-electron chi connectivity index (χ2n) is 10.6. The first kappa shape index (κ1) is 27.3. The number of halogens is 3. The van der Waals surface area contributed by atoms with Crippen LogP contribution < -0.4 is 4.90 Å². The minimum absolute atomic E-state index is 0.0223. The molecule has 3 unspecified atom stereocenters. The molecule has 0 spiro atoms. The van der Waals surface area contributed by atoms with Crippen LogP contribution in [0.15, 0.2) is 6.20 Å². The third kappa shape index (κ3) is 5.14. The average Bonchev–Trinajstić information content (AvgIpc) is 3.04. The van der Waals surface area contributed by atoms with Crippen molar-refractivity contribution >= 4 is 54.3 Å². The summed E-state index contributed by atoms with van der Waals surface area (Å²) in [6.45, 7) is 13.1. The molecule has 2 bridgehead atoms. The van der Waals surface area contributed by atoms with Crippen LogP contribution in [0.4, 0.5) is 15.0 Å². The SMILES string of the molecule is CC[Si](CC)(CC)OC1CC2CN(c3nc(Cl)nc4c(F)c(Cl)ncc34)CC1N2C(=O)OC(C)(C)C. The number of carbonyl (C=O) groups is 1. The zero-order valence-corrected chi connectivity index (χ0v) is 24.2. The van der Waals surface area contributed by atoms with Crippen molar-refractivity contribution in [2.75, 3.05) is 18.0 Å². The van der Waals surface area contributed by atoms with Crippen molar-refractivity contribution < 1.29 is 18.3 Å². The number of ether oxygens (including phenoxy) is 1. The summed E-state index contributed by atoms with van der Waals surface area (Å²) >= 11 is 12.1. The second-order valence-corrected chi connectivity index (χ2v) is 16.0. The maximum absolute atomic E-state index is 14.7. The van der Waals surface area contributed by atoms with Gasteiger partial charge in [-0.3, -0.25) is 4.90 Å². The molecule has 0 saturated carbocycles. The lowest BCUT2D eigenvalue weighted by atomic mass is 10.1. The van der Waals surface area contributed by atoms with Crippen LogP contribution >= 0.6 is 23.2 Å². The summed E-state index contributed by atoms with van der Waals surface area (Å²) in [5, 5.41) is 0.0672. The molecule has 2 aliphatic rings. The summed E-state index contributed by atoms with van der Waals surface area (Å²) in [7, 11) is -1.94. The van der Waals surface area contributed by atoms with Crippen molar-refractivity contribution in [1.82, 2.24) is 19.9 Å². The Morgan fingerprint density at radius 2 is 1.83 bits per heavy atom. The Kier molecular flexibility index (Phi) is 7.72. The van der Waals surface area contributed by atoms with E-state index in [1.807, 2.05) is 30.6 Å². The number of piperazine rings is 1. The molecule has 198 valence electrons. The van der Waals surface area contributed by atoms with Crippen LogP contribution in [0.2, 0.25) is 28.6 Å². The van der Waals surface area contributed by atoms with Crippen molar-refractivity contribution in [2.24, 2.45) is 0 Å². The van der Waals surface area contributed by atoms with Gasteiger partial charge in [0.1, 0.15) is 16.9 Å². The minimum atomic E-state index is -1.94. The Bertz CT molecular complexity index is 1140. The summed E-state index contributed by atoms with van der Waals surface area (Å²) in [5.41, 5.74) is -0.591. The van der Waals surface area contributed by atoms with E-state index in [-0.39, 0.29) is 40.2 Å². The fourth-order valence-electron chi connectivity index (χ4n) is 5.37. The number of nitrogens with zero attached hydrogens (tertiary/aromatic N) is 5. The predicted molar refractivity (Wildman–Crippen MR) is 142 cm³/mol. The van der Waals surface area contributed by atoms with Crippen LogP contribution in [0.5, 0.6) is 0 Å². The van der Waals surface area contributed by atoms with E-state index >= 15 is 0 Å². The van der Waals surface area contributed by atoms with Crippen molar-refractivity contribution in [3.8, 4) is 0 Å². The standard InChI is InChI=1S/C24H34Cl2FN5O3Si/c1-7-36(8-2,9-3)35-17-10-14-12-31(13-16(17)32(14)23(33)34-24(4,5)6)21-15-11-28-20(25)18(27)19(15)29-22(26)30-21/h11,14,16-17H,7-10,12-13H2,1-6H3. The van der Waals surface area contributed by atoms with Gasteiger partial charge in [0.15, 0.2) is 19.3 Å². The van der Waals surface area contributed by atoms with Gasteiger partial charge in [0, 0.05) is 19.3 Å². The van der Waals surface area contributed by atoms with Crippen molar-refractivity contribution in [3.63, 3.8) is 0 Å². The summed E-state index contributed by atoms with van der Waals surface area (Å²) in [6.07, 6.45) is 1.70. The Morgan fingerprint density at radius 1 is 1.17 bits per heavy atom. The highest BCUT2D eigenvalue weighted by molar-refractivity contribution is 6.73. The van der Waals surface area contributed by atoms with Gasteiger partial charge in [0.2, 0.25) is 5.28 Å². The number of pyridine rings is 1. The number of fused-ring (bicyclic) bond motifs is 3. The van der Waals surface area contributed by atoms with E-state index < -0.39 is 19.7 Å². The van der Waals surface area contributed by atoms with Crippen LogP contribution in [0, 0.1) is 5.82 Å². The molecule has 12 heteroatoms. The highest BCUT2D eigenvalue weighted by atomic mass is 35.5. The van der Waals surface area contributed by atoms with E-state index in [0.717, 1.165) is 18.1 Å². The molecule has 2 aromatic rings. The van der Waals surface area contributed by atoms with Gasteiger partial charge in [-0.15, -0.1) is 0 Å². The van der Waals surface area contributed by atoms with E-state index in [9.17, 15) is 9.18 Å². The van der Waals surface area contributed by atoms with Crippen molar-refractivity contribution in [1.29, 1.82) is 0 Å². The first-order valence-corrected chi connectivity index (χ1v) is 15.8. The van der Waals surface area contributed by atoms with Crippen LogP contribution in [0.3, 0.4) is 0 Å². The van der Waals surface area contributed by atoms with Gasteiger partial charge in [-0.2, -0.15) is 4.98 Å². The molecule has 0 N–H and O–H groups in total. The number of aromatic nitrogens is 3. The largest absolute Gasteiger partial charge is 0.444 e. The zero-order chi connectivity index (χ0) is 26.4. The molecule has 2 saturated heterocycles. The third-order valence-electron chi connectivity index (χ3n) is 7.36. The van der Waals surface area contributed by atoms with E-state index in [1.54, 1.807) is 0 Å². The normalized spacial score (nSPS) is 22.4. The molecule has 8 nitrogen and oxygen atoms in total. The summed E-state index contributed by atoms with van der Waals surface area (Å²) in [6, 6.07) is 2.64. The predicted octanol–water partition coefficient (Wildman–Crippen LogP) is 6.06. The van der Waals surface area contributed by atoms with Gasteiger partial charge in [0.05, 0.1) is 23.6 Å². The lowest BCUT2D eigenvalue weighted by Gasteiger charge is -2.43. The van der Waals surface area contributed by atoms with Crippen LogP contribution in [0.25, 0.3) is 10.9 Å². The minimum Gasteiger partial charge on any atom is -0.444 e. The second kappa shape index (κ2) is 10.2. The lowest BCUT2D eigenvalue weighted by molar-refractivity contribution is 0.00687. The summed E-state index contributed by atoms with van der Waals surface area (Å²) in [4.78, 5) is 29.6. The number of amides is 1. The van der Waals surface area contributed by atoms with Crippen molar-refractivity contribution in [3.05, 3.63) is 22.5 Å². The van der Waals surface area contributed by atoms with E-state index in [1.165, 1.54) is 6.20 Å². The van der Waals surface area contributed by atoms with Crippen LogP contribution in [-0.2, 0) is 9.16 Å². The van der Waals surface area contributed by atoms with Crippen molar-refractivity contribution in [2.45, 2.75) is 89.9 Å². The highest BCUT2D eigenvalue weighted by Crippen LogP contribution is 2.40. The average molecular weight is 559 g/mol. The van der Waals surface area contributed by atoms with Gasteiger partial charge in [-0.05, 0) is 56.9 Å². The van der Waals surface area contributed by atoms with Gasteiger partial charge < -0.3 is 14.1 Å². The lowest BCUT2D eigenvalue weighted by Crippen LogP contribution is -2.59. The number of carbonyl (C=O) groups excluding carboxylic acids is 1. The molecule has 2 fully saturated rings. The molecule has 0 radical (unpaired) electrons. The maximum atomic E-state index is 14.7. The number of anilines is 1. The summed E-state index contributed by atoms with van der Waals surface area (Å²) in [5.74, 6) is -0.265. The Morgan fingerprint density at radius 3 is 2.44 bits per heavy atom. The van der Waals surface area contributed by atoms with Gasteiger partial charge >= 0.3 is 6.09 Å². The molecule has 2 aromatic heterocycles. The number of hydrogen-bond acceptors (Lipinski definition) is 7. The third-order valence-corrected chi connectivity index (χ3v) is 12.5. The molecule has 4 rings (SSSR count). The molecular formula is C24H34Cl2FN5O3Si. The molecule has 0 aliphatic carbocycles. The fraction of sp³-hybridized carbons (Fsp3) is 0.667. The highest BCUT2D eigenvalue weighted by Gasteiger charge is 2.52. The van der Waals surface area contributed by atoms with Crippen LogP contribution in [0.1, 0.15) is 48.0 Å². The Labute approximate surface area is 222 Å². The first-order chi connectivity index (χ1) is 16.9. The first-order valence-electron chi connectivity index (χ1n) is 12.5. The van der Waals surface area contributed by atoms with E-state index in [0.29, 0.717) is 30.7 Å². The molecule has 2 aliphatic heterocycles. The molecule has 4 heterocycles.